The van der Waals surface area contributed by atoms with Gasteiger partial charge in [-0.3, -0.25) is 0 Å². The summed E-state index contributed by atoms with van der Waals surface area (Å²) >= 11 is 0. The SMILES string of the molecule is CCCCCCCCc1ccccc1-c1ccccc1O. The summed E-state index contributed by atoms with van der Waals surface area (Å²) in [7, 11) is 0. The molecule has 2 rings (SSSR count). The van der Waals surface area contributed by atoms with E-state index in [1.54, 1.807) is 6.07 Å². The number of aryl methyl sites for hydroxylation is 1. The summed E-state index contributed by atoms with van der Waals surface area (Å²) in [6, 6.07) is 16.1. The van der Waals surface area contributed by atoms with E-state index in [1.807, 2.05) is 24.3 Å². The maximum atomic E-state index is 10.1. The predicted molar refractivity (Wildman–Crippen MR) is 90.6 cm³/mol. The van der Waals surface area contributed by atoms with Gasteiger partial charge in [0.05, 0.1) is 0 Å². The zero-order valence-corrected chi connectivity index (χ0v) is 13.0. The molecule has 0 bridgehead atoms. The minimum Gasteiger partial charge on any atom is -0.507 e. The van der Waals surface area contributed by atoms with Gasteiger partial charge in [0, 0.05) is 5.56 Å². The van der Waals surface area contributed by atoms with Gasteiger partial charge in [-0.05, 0) is 30.0 Å². The Morgan fingerprint density at radius 3 is 2.10 bits per heavy atom. The minimum atomic E-state index is 0.368. The zero-order valence-electron chi connectivity index (χ0n) is 13.0. The van der Waals surface area contributed by atoms with Crippen molar-refractivity contribution in [2.24, 2.45) is 0 Å². The molecular weight excluding hydrogens is 256 g/mol. The Morgan fingerprint density at radius 2 is 1.33 bits per heavy atom. The Labute approximate surface area is 128 Å². The fourth-order valence-electron chi connectivity index (χ4n) is 2.80. The summed E-state index contributed by atoms with van der Waals surface area (Å²) < 4.78 is 0. The first-order chi connectivity index (χ1) is 10.3. The van der Waals surface area contributed by atoms with E-state index in [-0.39, 0.29) is 0 Å². The normalized spacial score (nSPS) is 10.7. The standard InChI is InChI=1S/C20H26O/c1-2-3-4-5-6-7-12-17-13-8-9-14-18(17)19-15-10-11-16-20(19)21/h8-11,13-16,21H,2-7,12H2,1H3. The van der Waals surface area contributed by atoms with Crippen LogP contribution in [0.15, 0.2) is 48.5 Å². The third-order valence-electron chi connectivity index (χ3n) is 4.01. The van der Waals surface area contributed by atoms with Crippen molar-refractivity contribution in [1.82, 2.24) is 0 Å². The quantitative estimate of drug-likeness (QED) is 0.592. The topological polar surface area (TPSA) is 20.2 Å². The lowest BCUT2D eigenvalue weighted by atomic mass is 9.95. The van der Waals surface area contributed by atoms with Crippen molar-refractivity contribution in [1.29, 1.82) is 0 Å². The highest BCUT2D eigenvalue weighted by Gasteiger charge is 2.07. The molecule has 0 atom stereocenters. The number of hydrogen-bond donors (Lipinski definition) is 1. The van der Waals surface area contributed by atoms with Crippen molar-refractivity contribution in [3.8, 4) is 16.9 Å². The van der Waals surface area contributed by atoms with Crippen LogP contribution in [0.5, 0.6) is 5.75 Å². The molecule has 0 radical (unpaired) electrons. The van der Waals surface area contributed by atoms with Crippen molar-refractivity contribution >= 4 is 0 Å². The van der Waals surface area contributed by atoms with E-state index in [2.05, 4.69) is 25.1 Å². The number of rotatable bonds is 8. The molecule has 0 aliphatic carbocycles. The Kier molecular flexibility index (Phi) is 6.33. The summed E-state index contributed by atoms with van der Waals surface area (Å²) in [6.07, 6.45) is 8.98. The highest BCUT2D eigenvalue weighted by Crippen LogP contribution is 2.31. The number of phenols is 1. The van der Waals surface area contributed by atoms with Gasteiger partial charge in [-0.2, -0.15) is 0 Å². The Balaban J connectivity index is 1.99. The molecule has 0 heterocycles. The van der Waals surface area contributed by atoms with Gasteiger partial charge in [-0.25, -0.2) is 0 Å². The van der Waals surface area contributed by atoms with Gasteiger partial charge < -0.3 is 5.11 Å². The lowest BCUT2D eigenvalue weighted by Crippen LogP contribution is -1.91. The number of phenolic OH excluding ortho intramolecular Hbond substituents is 1. The second-order valence-corrected chi connectivity index (χ2v) is 5.69. The van der Waals surface area contributed by atoms with Crippen LogP contribution in [0, 0.1) is 0 Å². The first-order valence-electron chi connectivity index (χ1n) is 8.19. The first-order valence-corrected chi connectivity index (χ1v) is 8.19. The van der Waals surface area contributed by atoms with E-state index in [4.69, 9.17) is 0 Å². The van der Waals surface area contributed by atoms with Crippen LogP contribution < -0.4 is 0 Å². The number of benzene rings is 2. The molecule has 0 spiro atoms. The summed E-state index contributed by atoms with van der Waals surface area (Å²) in [5.74, 6) is 0.368. The number of aromatic hydroxyl groups is 1. The summed E-state index contributed by atoms with van der Waals surface area (Å²) in [5.41, 5.74) is 3.46. The highest BCUT2D eigenvalue weighted by molar-refractivity contribution is 5.72. The maximum absolute atomic E-state index is 10.1. The van der Waals surface area contributed by atoms with E-state index in [1.165, 1.54) is 49.7 Å². The van der Waals surface area contributed by atoms with E-state index < -0.39 is 0 Å². The molecule has 2 aromatic rings. The molecule has 0 aliphatic heterocycles. The van der Waals surface area contributed by atoms with Crippen LogP contribution in [0.2, 0.25) is 0 Å². The lowest BCUT2D eigenvalue weighted by molar-refractivity contribution is 0.477. The van der Waals surface area contributed by atoms with Gasteiger partial charge in [0.1, 0.15) is 5.75 Å². The fraction of sp³-hybridized carbons (Fsp3) is 0.400. The lowest BCUT2D eigenvalue weighted by Gasteiger charge is -2.11. The number of unbranched alkanes of at least 4 members (excludes halogenated alkanes) is 5. The van der Waals surface area contributed by atoms with E-state index >= 15 is 0 Å². The largest absolute Gasteiger partial charge is 0.507 e. The Hall–Kier alpha value is -1.76. The Morgan fingerprint density at radius 1 is 0.714 bits per heavy atom. The molecule has 0 saturated heterocycles. The number of para-hydroxylation sites is 1. The third-order valence-corrected chi connectivity index (χ3v) is 4.01. The molecule has 2 aromatic carbocycles. The average Bonchev–Trinajstić information content (AvgIpc) is 2.52. The van der Waals surface area contributed by atoms with Crippen LogP contribution in [0.4, 0.5) is 0 Å². The van der Waals surface area contributed by atoms with Gasteiger partial charge in [0.25, 0.3) is 0 Å². The third kappa shape index (κ3) is 4.63. The molecule has 0 saturated carbocycles. The molecule has 0 fully saturated rings. The Bertz CT molecular complexity index is 545. The van der Waals surface area contributed by atoms with E-state index in [0.29, 0.717) is 5.75 Å². The zero-order chi connectivity index (χ0) is 14.9. The van der Waals surface area contributed by atoms with Crippen molar-refractivity contribution in [2.75, 3.05) is 0 Å². The van der Waals surface area contributed by atoms with Gasteiger partial charge in [-0.1, -0.05) is 81.5 Å². The van der Waals surface area contributed by atoms with Gasteiger partial charge in [0.2, 0.25) is 0 Å². The van der Waals surface area contributed by atoms with Crippen molar-refractivity contribution < 1.29 is 5.11 Å². The molecule has 1 heteroatoms. The summed E-state index contributed by atoms with van der Waals surface area (Å²) in [5, 5.41) is 10.1. The summed E-state index contributed by atoms with van der Waals surface area (Å²) in [4.78, 5) is 0. The van der Waals surface area contributed by atoms with Gasteiger partial charge in [-0.15, -0.1) is 0 Å². The second-order valence-electron chi connectivity index (χ2n) is 5.69. The fourth-order valence-corrected chi connectivity index (χ4v) is 2.80. The molecule has 0 aliphatic rings. The second kappa shape index (κ2) is 8.51. The molecular formula is C20H26O. The molecule has 1 N–H and O–H groups in total. The van der Waals surface area contributed by atoms with Crippen molar-refractivity contribution in [2.45, 2.75) is 51.9 Å². The average molecular weight is 282 g/mol. The summed E-state index contributed by atoms with van der Waals surface area (Å²) in [6.45, 7) is 2.25. The van der Waals surface area contributed by atoms with Crippen LogP contribution >= 0.6 is 0 Å². The number of hydrogen-bond acceptors (Lipinski definition) is 1. The van der Waals surface area contributed by atoms with Crippen LogP contribution in [0.3, 0.4) is 0 Å². The monoisotopic (exact) mass is 282 g/mol. The van der Waals surface area contributed by atoms with Crippen molar-refractivity contribution in [3.05, 3.63) is 54.1 Å². The first kappa shape index (κ1) is 15.6. The predicted octanol–water partition coefficient (Wildman–Crippen LogP) is 5.96. The maximum Gasteiger partial charge on any atom is 0.123 e. The molecule has 0 aromatic heterocycles. The molecule has 1 nitrogen and oxygen atoms in total. The van der Waals surface area contributed by atoms with E-state index in [0.717, 1.165) is 12.0 Å². The molecule has 0 unspecified atom stereocenters. The van der Waals surface area contributed by atoms with Gasteiger partial charge >= 0.3 is 0 Å². The molecule has 0 amide bonds. The van der Waals surface area contributed by atoms with Crippen LogP contribution in [-0.4, -0.2) is 5.11 Å². The molecule has 21 heavy (non-hydrogen) atoms. The highest BCUT2D eigenvalue weighted by atomic mass is 16.3. The van der Waals surface area contributed by atoms with Gasteiger partial charge in [0.15, 0.2) is 0 Å². The molecule has 112 valence electrons. The van der Waals surface area contributed by atoms with Crippen molar-refractivity contribution in [3.63, 3.8) is 0 Å². The van der Waals surface area contributed by atoms with Crippen LogP contribution in [-0.2, 0) is 6.42 Å². The van der Waals surface area contributed by atoms with E-state index in [9.17, 15) is 5.11 Å². The van der Waals surface area contributed by atoms with Crippen LogP contribution in [0.1, 0.15) is 51.0 Å². The van der Waals surface area contributed by atoms with Crippen LogP contribution in [0.25, 0.3) is 11.1 Å². The smallest absolute Gasteiger partial charge is 0.123 e. The minimum absolute atomic E-state index is 0.368.